The van der Waals surface area contributed by atoms with Gasteiger partial charge in [0.25, 0.3) is 0 Å². The maximum atomic E-state index is 12.3. The number of carbonyl (C=O) groups is 1. The van der Waals surface area contributed by atoms with Crippen molar-refractivity contribution in [3.05, 3.63) is 29.3 Å². The molecule has 1 saturated carbocycles. The number of nitrogens with zero attached hydrogens (tertiary/aromatic N) is 5. The van der Waals surface area contributed by atoms with Crippen molar-refractivity contribution in [3.63, 3.8) is 0 Å². The molecule has 1 aromatic heterocycles. The summed E-state index contributed by atoms with van der Waals surface area (Å²) in [6.45, 7) is 0.441. The van der Waals surface area contributed by atoms with Crippen LogP contribution in [0, 0.1) is 11.3 Å². The Balaban J connectivity index is 1.82. The van der Waals surface area contributed by atoms with Gasteiger partial charge in [-0.3, -0.25) is 9.36 Å². The van der Waals surface area contributed by atoms with Gasteiger partial charge in [0.1, 0.15) is 0 Å². The molecule has 142 valence electrons. The SMILES string of the molecule is CN(CCC#N)C(=O)CSc1nnc(-c2ccccc2Cl)n1C1CCCC1. The van der Waals surface area contributed by atoms with Crippen LogP contribution in [0.5, 0.6) is 0 Å². The lowest BCUT2D eigenvalue weighted by atomic mass is 10.2. The monoisotopic (exact) mass is 403 g/mol. The molecule has 0 spiro atoms. The smallest absolute Gasteiger partial charge is 0.232 e. The Morgan fingerprint density at radius 3 is 2.81 bits per heavy atom. The van der Waals surface area contributed by atoms with Gasteiger partial charge in [0, 0.05) is 25.2 Å². The zero-order valence-electron chi connectivity index (χ0n) is 15.3. The average Bonchev–Trinajstić information content (AvgIpc) is 3.33. The van der Waals surface area contributed by atoms with E-state index in [1.165, 1.54) is 24.6 Å². The Bertz CT molecular complexity index is 841. The first-order valence-electron chi connectivity index (χ1n) is 9.05. The average molecular weight is 404 g/mol. The minimum absolute atomic E-state index is 0.0180. The Labute approximate surface area is 168 Å². The van der Waals surface area contributed by atoms with Crippen molar-refractivity contribution >= 4 is 29.3 Å². The van der Waals surface area contributed by atoms with Crippen LogP contribution in [0.1, 0.15) is 38.1 Å². The van der Waals surface area contributed by atoms with E-state index in [4.69, 9.17) is 16.9 Å². The number of aromatic nitrogens is 3. The maximum Gasteiger partial charge on any atom is 0.232 e. The molecule has 1 aliphatic rings. The topological polar surface area (TPSA) is 74.8 Å². The Hall–Kier alpha value is -2.04. The lowest BCUT2D eigenvalue weighted by molar-refractivity contribution is -0.127. The number of hydrogen-bond donors (Lipinski definition) is 0. The predicted molar refractivity (Wildman–Crippen MR) is 107 cm³/mol. The Morgan fingerprint density at radius 2 is 2.11 bits per heavy atom. The van der Waals surface area contributed by atoms with Crippen LogP contribution >= 0.6 is 23.4 Å². The largest absolute Gasteiger partial charge is 0.344 e. The molecule has 2 aromatic rings. The number of benzene rings is 1. The minimum atomic E-state index is -0.0180. The molecule has 3 rings (SSSR count). The number of nitriles is 1. The lowest BCUT2D eigenvalue weighted by Crippen LogP contribution is -2.29. The van der Waals surface area contributed by atoms with Crippen molar-refractivity contribution < 1.29 is 4.79 Å². The van der Waals surface area contributed by atoms with Crippen molar-refractivity contribution in [1.29, 1.82) is 5.26 Å². The summed E-state index contributed by atoms with van der Waals surface area (Å²) in [7, 11) is 1.72. The number of halogens is 1. The van der Waals surface area contributed by atoms with E-state index < -0.39 is 0 Å². The van der Waals surface area contributed by atoms with Gasteiger partial charge in [0.15, 0.2) is 11.0 Å². The zero-order valence-corrected chi connectivity index (χ0v) is 16.8. The van der Waals surface area contributed by atoms with Crippen molar-refractivity contribution in [1.82, 2.24) is 19.7 Å². The molecule has 0 N–H and O–H groups in total. The van der Waals surface area contributed by atoms with Gasteiger partial charge in [-0.15, -0.1) is 10.2 Å². The fraction of sp³-hybridized carbons (Fsp3) is 0.474. The molecule has 1 fully saturated rings. The first-order valence-corrected chi connectivity index (χ1v) is 10.4. The molecule has 0 bridgehead atoms. The van der Waals surface area contributed by atoms with Crippen molar-refractivity contribution in [2.45, 2.75) is 43.3 Å². The quantitative estimate of drug-likeness (QED) is 0.648. The first-order chi connectivity index (χ1) is 13.1. The number of amides is 1. The number of thioether (sulfide) groups is 1. The van der Waals surface area contributed by atoms with Gasteiger partial charge in [0.05, 0.1) is 23.3 Å². The van der Waals surface area contributed by atoms with E-state index in [-0.39, 0.29) is 11.7 Å². The highest BCUT2D eigenvalue weighted by Gasteiger charge is 2.26. The molecular weight excluding hydrogens is 382 g/mol. The van der Waals surface area contributed by atoms with Crippen molar-refractivity contribution in [3.8, 4) is 17.5 Å². The Morgan fingerprint density at radius 1 is 1.37 bits per heavy atom. The standard InChI is InChI=1S/C19H22ClN5OS/c1-24(12-6-11-21)17(26)13-27-19-23-22-18(15-9-4-5-10-16(15)20)25(19)14-7-2-3-8-14/h4-5,9-10,14H,2-3,6-8,12-13H2,1H3. The van der Waals surface area contributed by atoms with Crippen molar-refractivity contribution in [2.24, 2.45) is 0 Å². The molecule has 0 atom stereocenters. The lowest BCUT2D eigenvalue weighted by Gasteiger charge is -2.18. The van der Waals surface area contributed by atoms with E-state index in [1.54, 1.807) is 11.9 Å². The normalized spacial score (nSPS) is 14.3. The molecule has 1 aliphatic carbocycles. The van der Waals surface area contributed by atoms with Crippen LogP contribution in [0.4, 0.5) is 0 Å². The Kier molecular flexibility index (Phi) is 6.75. The summed E-state index contributed by atoms with van der Waals surface area (Å²) in [4.78, 5) is 13.9. The fourth-order valence-corrected chi connectivity index (χ4v) is 4.44. The zero-order chi connectivity index (χ0) is 19.2. The number of rotatable bonds is 7. The minimum Gasteiger partial charge on any atom is -0.344 e. The summed E-state index contributed by atoms with van der Waals surface area (Å²) >= 11 is 7.79. The third kappa shape index (κ3) is 4.63. The van der Waals surface area contributed by atoms with E-state index in [9.17, 15) is 4.79 Å². The highest BCUT2D eigenvalue weighted by atomic mass is 35.5. The van der Waals surface area contributed by atoms with Crippen LogP contribution < -0.4 is 0 Å². The second-order valence-electron chi connectivity index (χ2n) is 6.61. The first kappa shape index (κ1) is 19.7. The molecule has 0 radical (unpaired) electrons. The second-order valence-corrected chi connectivity index (χ2v) is 7.96. The fourth-order valence-electron chi connectivity index (χ4n) is 3.27. The van der Waals surface area contributed by atoms with Crippen LogP contribution in [0.15, 0.2) is 29.4 Å². The van der Waals surface area contributed by atoms with E-state index in [1.807, 2.05) is 24.3 Å². The summed E-state index contributed by atoms with van der Waals surface area (Å²) in [5.41, 5.74) is 0.864. The van der Waals surface area contributed by atoms with Gasteiger partial charge >= 0.3 is 0 Å². The van der Waals surface area contributed by atoms with E-state index in [0.29, 0.717) is 24.0 Å². The molecular formula is C19H22ClN5OS. The highest BCUT2D eigenvalue weighted by Crippen LogP contribution is 2.38. The van der Waals surface area contributed by atoms with Gasteiger partial charge in [-0.05, 0) is 25.0 Å². The molecule has 1 aromatic carbocycles. The van der Waals surface area contributed by atoms with Gasteiger partial charge in [-0.2, -0.15) is 5.26 Å². The van der Waals surface area contributed by atoms with Crippen LogP contribution in [-0.2, 0) is 4.79 Å². The van der Waals surface area contributed by atoms with E-state index >= 15 is 0 Å². The summed E-state index contributed by atoms with van der Waals surface area (Å²) in [6, 6.07) is 10.0. The predicted octanol–water partition coefficient (Wildman–Crippen LogP) is 4.18. The van der Waals surface area contributed by atoms with Gasteiger partial charge in [-0.25, -0.2) is 0 Å². The molecule has 27 heavy (non-hydrogen) atoms. The van der Waals surface area contributed by atoms with Crippen LogP contribution in [-0.4, -0.2) is 44.9 Å². The van der Waals surface area contributed by atoms with E-state index in [0.717, 1.165) is 29.4 Å². The van der Waals surface area contributed by atoms with Crippen LogP contribution in [0.2, 0.25) is 5.02 Å². The molecule has 6 nitrogen and oxygen atoms in total. The highest BCUT2D eigenvalue weighted by molar-refractivity contribution is 7.99. The van der Waals surface area contributed by atoms with Crippen LogP contribution in [0.25, 0.3) is 11.4 Å². The van der Waals surface area contributed by atoms with Gasteiger partial charge < -0.3 is 4.90 Å². The summed E-state index contributed by atoms with van der Waals surface area (Å²) < 4.78 is 2.15. The molecule has 1 heterocycles. The van der Waals surface area contributed by atoms with Gasteiger partial charge in [-0.1, -0.05) is 48.3 Å². The molecule has 0 unspecified atom stereocenters. The second kappa shape index (κ2) is 9.25. The maximum absolute atomic E-state index is 12.3. The third-order valence-electron chi connectivity index (χ3n) is 4.78. The summed E-state index contributed by atoms with van der Waals surface area (Å²) in [6.07, 6.45) is 4.87. The molecule has 1 amide bonds. The summed E-state index contributed by atoms with van der Waals surface area (Å²) in [5.74, 6) is 1.02. The molecule has 8 heteroatoms. The summed E-state index contributed by atoms with van der Waals surface area (Å²) in [5, 5.41) is 18.8. The van der Waals surface area contributed by atoms with Gasteiger partial charge in [0.2, 0.25) is 5.91 Å². The molecule has 0 aliphatic heterocycles. The number of carbonyl (C=O) groups excluding carboxylic acids is 1. The molecule has 0 saturated heterocycles. The van der Waals surface area contributed by atoms with Crippen LogP contribution in [0.3, 0.4) is 0 Å². The number of hydrogen-bond acceptors (Lipinski definition) is 5. The van der Waals surface area contributed by atoms with Crippen molar-refractivity contribution in [2.75, 3.05) is 19.3 Å². The van der Waals surface area contributed by atoms with E-state index in [2.05, 4.69) is 20.8 Å². The third-order valence-corrected chi connectivity index (χ3v) is 6.04.